The third-order valence-electron chi connectivity index (χ3n) is 3.27. The Hall–Kier alpha value is -1.98. The molecular weight excluding hydrogens is 228 g/mol. The van der Waals surface area contributed by atoms with Crippen molar-refractivity contribution < 1.29 is 0 Å². The standard InChI is InChI=1S/C12H16N6/c1-9-6-13-12(14-7-9)16-11-4-10(5-11)8-18-3-2-15-17-18/h2-3,6-7,10-11H,4-5,8H2,1H3,(H,13,14,16). The Balaban J connectivity index is 1.46. The molecule has 94 valence electrons. The molecule has 1 saturated carbocycles. The van der Waals surface area contributed by atoms with Crippen molar-refractivity contribution >= 4 is 5.95 Å². The summed E-state index contributed by atoms with van der Waals surface area (Å²) < 4.78 is 1.89. The molecule has 6 heteroatoms. The Bertz CT molecular complexity index is 486. The molecule has 0 aliphatic heterocycles. The Morgan fingerprint density at radius 1 is 1.33 bits per heavy atom. The maximum Gasteiger partial charge on any atom is 0.222 e. The highest BCUT2D eigenvalue weighted by atomic mass is 15.4. The van der Waals surface area contributed by atoms with Gasteiger partial charge in [0.2, 0.25) is 5.95 Å². The summed E-state index contributed by atoms with van der Waals surface area (Å²) in [6.45, 7) is 2.94. The number of anilines is 1. The Morgan fingerprint density at radius 3 is 2.78 bits per heavy atom. The molecule has 0 saturated heterocycles. The Morgan fingerprint density at radius 2 is 2.11 bits per heavy atom. The SMILES string of the molecule is Cc1cnc(NC2CC(Cn3ccnn3)C2)nc1. The molecule has 6 nitrogen and oxygen atoms in total. The summed E-state index contributed by atoms with van der Waals surface area (Å²) in [5.41, 5.74) is 1.08. The second-order valence-electron chi connectivity index (χ2n) is 4.89. The summed E-state index contributed by atoms with van der Waals surface area (Å²) in [6.07, 6.45) is 9.56. The first-order chi connectivity index (χ1) is 8.79. The fraction of sp³-hybridized carbons (Fsp3) is 0.500. The van der Waals surface area contributed by atoms with Crippen LogP contribution in [0.2, 0.25) is 0 Å². The quantitative estimate of drug-likeness (QED) is 0.877. The van der Waals surface area contributed by atoms with E-state index < -0.39 is 0 Å². The first-order valence-corrected chi connectivity index (χ1v) is 6.19. The second kappa shape index (κ2) is 4.72. The molecule has 0 unspecified atom stereocenters. The fourth-order valence-corrected chi connectivity index (χ4v) is 2.25. The molecule has 2 aromatic heterocycles. The molecule has 1 N–H and O–H groups in total. The lowest BCUT2D eigenvalue weighted by Crippen LogP contribution is -2.38. The first kappa shape index (κ1) is 11.1. The molecule has 1 fully saturated rings. The van der Waals surface area contributed by atoms with E-state index in [1.54, 1.807) is 6.20 Å². The molecular formula is C12H16N6. The van der Waals surface area contributed by atoms with E-state index in [1.165, 1.54) is 0 Å². The van der Waals surface area contributed by atoms with E-state index in [0.29, 0.717) is 12.0 Å². The molecule has 2 heterocycles. The summed E-state index contributed by atoms with van der Waals surface area (Å²) in [5.74, 6) is 1.40. The topological polar surface area (TPSA) is 68.5 Å². The Labute approximate surface area is 105 Å². The van der Waals surface area contributed by atoms with Crippen molar-refractivity contribution in [3.63, 3.8) is 0 Å². The average molecular weight is 244 g/mol. The van der Waals surface area contributed by atoms with Crippen LogP contribution in [0.5, 0.6) is 0 Å². The number of hydrogen-bond acceptors (Lipinski definition) is 5. The van der Waals surface area contributed by atoms with E-state index in [2.05, 4.69) is 25.6 Å². The van der Waals surface area contributed by atoms with Crippen LogP contribution >= 0.6 is 0 Å². The third-order valence-corrected chi connectivity index (χ3v) is 3.27. The minimum atomic E-state index is 0.487. The van der Waals surface area contributed by atoms with Crippen LogP contribution in [0.4, 0.5) is 5.95 Å². The van der Waals surface area contributed by atoms with Gasteiger partial charge in [-0.15, -0.1) is 5.10 Å². The number of hydrogen-bond donors (Lipinski definition) is 1. The minimum absolute atomic E-state index is 0.487. The average Bonchev–Trinajstić information content (AvgIpc) is 2.82. The molecule has 0 radical (unpaired) electrons. The smallest absolute Gasteiger partial charge is 0.222 e. The third kappa shape index (κ3) is 2.47. The van der Waals surface area contributed by atoms with Crippen LogP contribution in [0.15, 0.2) is 24.8 Å². The Kier molecular flexibility index (Phi) is 2.92. The van der Waals surface area contributed by atoms with Crippen molar-refractivity contribution in [2.24, 2.45) is 5.92 Å². The van der Waals surface area contributed by atoms with Crippen molar-refractivity contribution in [3.05, 3.63) is 30.4 Å². The van der Waals surface area contributed by atoms with Gasteiger partial charge in [-0.05, 0) is 31.2 Å². The summed E-state index contributed by atoms with van der Waals surface area (Å²) in [6, 6.07) is 0.487. The summed E-state index contributed by atoms with van der Waals surface area (Å²) in [5, 5.41) is 11.1. The van der Waals surface area contributed by atoms with Crippen molar-refractivity contribution in [1.82, 2.24) is 25.0 Å². The van der Waals surface area contributed by atoms with Gasteiger partial charge >= 0.3 is 0 Å². The highest BCUT2D eigenvalue weighted by Gasteiger charge is 2.29. The molecule has 0 spiro atoms. The van der Waals surface area contributed by atoms with Gasteiger partial charge in [0.15, 0.2) is 0 Å². The first-order valence-electron chi connectivity index (χ1n) is 6.19. The molecule has 0 aromatic carbocycles. The molecule has 18 heavy (non-hydrogen) atoms. The normalized spacial score (nSPS) is 22.5. The monoisotopic (exact) mass is 244 g/mol. The minimum Gasteiger partial charge on any atom is -0.351 e. The lowest BCUT2D eigenvalue weighted by atomic mass is 9.80. The molecule has 2 aromatic rings. The van der Waals surface area contributed by atoms with Crippen molar-refractivity contribution in [2.45, 2.75) is 32.4 Å². The number of aromatic nitrogens is 5. The zero-order valence-corrected chi connectivity index (χ0v) is 10.3. The van der Waals surface area contributed by atoms with E-state index in [4.69, 9.17) is 0 Å². The van der Waals surface area contributed by atoms with Crippen molar-refractivity contribution in [1.29, 1.82) is 0 Å². The number of rotatable bonds is 4. The van der Waals surface area contributed by atoms with Gasteiger partial charge in [0.05, 0.1) is 6.20 Å². The molecule has 3 rings (SSSR count). The second-order valence-corrected chi connectivity index (χ2v) is 4.89. The lowest BCUT2D eigenvalue weighted by molar-refractivity contribution is 0.238. The van der Waals surface area contributed by atoms with Gasteiger partial charge in [-0.3, -0.25) is 4.68 Å². The van der Waals surface area contributed by atoms with Gasteiger partial charge in [-0.2, -0.15) is 0 Å². The summed E-state index contributed by atoms with van der Waals surface area (Å²) >= 11 is 0. The van der Waals surface area contributed by atoms with Crippen LogP contribution in [-0.2, 0) is 6.54 Å². The van der Waals surface area contributed by atoms with Crippen LogP contribution in [-0.4, -0.2) is 31.0 Å². The zero-order chi connectivity index (χ0) is 12.4. The lowest BCUT2D eigenvalue weighted by Gasteiger charge is -2.35. The van der Waals surface area contributed by atoms with Crippen LogP contribution < -0.4 is 5.32 Å². The maximum atomic E-state index is 4.25. The van der Waals surface area contributed by atoms with Crippen molar-refractivity contribution in [3.8, 4) is 0 Å². The van der Waals surface area contributed by atoms with E-state index >= 15 is 0 Å². The molecule has 1 aliphatic carbocycles. The summed E-state index contributed by atoms with van der Waals surface area (Å²) in [7, 11) is 0. The predicted molar refractivity (Wildman–Crippen MR) is 66.9 cm³/mol. The molecule has 1 aliphatic rings. The van der Waals surface area contributed by atoms with E-state index in [0.717, 1.165) is 30.9 Å². The highest BCUT2D eigenvalue weighted by molar-refractivity contribution is 5.27. The maximum absolute atomic E-state index is 4.25. The van der Waals surface area contributed by atoms with E-state index in [-0.39, 0.29) is 0 Å². The number of nitrogens with zero attached hydrogens (tertiary/aromatic N) is 5. The van der Waals surface area contributed by atoms with Gasteiger partial charge < -0.3 is 5.32 Å². The fourth-order valence-electron chi connectivity index (χ4n) is 2.25. The van der Waals surface area contributed by atoms with Gasteiger partial charge in [0.25, 0.3) is 0 Å². The van der Waals surface area contributed by atoms with E-state index in [1.807, 2.05) is 30.2 Å². The van der Waals surface area contributed by atoms with Gasteiger partial charge in [-0.1, -0.05) is 5.21 Å². The van der Waals surface area contributed by atoms with Crippen LogP contribution in [0.3, 0.4) is 0 Å². The zero-order valence-electron chi connectivity index (χ0n) is 10.3. The number of nitrogens with one attached hydrogen (secondary N) is 1. The van der Waals surface area contributed by atoms with Gasteiger partial charge in [0, 0.05) is 31.2 Å². The van der Waals surface area contributed by atoms with Crippen LogP contribution in [0.25, 0.3) is 0 Å². The van der Waals surface area contributed by atoms with Crippen molar-refractivity contribution in [2.75, 3.05) is 5.32 Å². The number of aryl methyl sites for hydroxylation is 1. The highest BCUT2D eigenvalue weighted by Crippen LogP contribution is 2.30. The summed E-state index contributed by atoms with van der Waals surface area (Å²) in [4.78, 5) is 8.50. The molecule has 0 atom stereocenters. The largest absolute Gasteiger partial charge is 0.351 e. The van der Waals surface area contributed by atoms with Gasteiger partial charge in [0.1, 0.15) is 0 Å². The molecule has 0 amide bonds. The van der Waals surface area contributed by atoms with Gasteiger partial charge in [-0.25, -0.2) is 9.97 Å². The van der Waals surface area contributed by atoms with Crippen LogP contribution in [0, 0.1) is 12.8 Å². The van der Waals surface area contributed by atoms with E-state index in [9.17, 15) is 0 Å². The molecule has 0 bridgehead atoms. The predicted octanol–water partition coefficient (Wildman–Crippen LogP) is 1.27. The van der Waals surface area contributed by atoms with Crippen LogP contribution in [0.1, 0.15) is 18.4 Å².